The molecular weight excluding hydrogens is 412 g/mol. The molecule has 4 rings (SSSR count). The van der Waals surface area contributed by atoms with Gasteiger partial charge in [0.05, 0.1) is 17.6 Å². The Bertz CT molecular complexity index is 1260. The molecular formula is C27H32N4O2. The fraction of sp³-hybridized carbons (Fsp3) is 0.370. The number of nitrogens with two attached hydrogens (primary N) is 1. The average Bonchev–Trinajstić information content (AvgIpc) is 3.10. The van der Waals surface area contributed by atoms with Crippen LogP contribution in [0.4, 0.5) is 5.82 Å². The molecule has 0 amide bonds. The number of nitrogens with zero attached hydrogens (tertiary/aromatic N) is 3. The average molecular weight is 445 g/mol. The van der Waals surface area contributed by atoms with Gasteiger partial charge in [-0.2, -0.15) is 0 Å². The van der Waals surface area contributed by atoms with Gasteiger partial charge in [-0.15, -0.1) is 0 Å². The third-order valence-corrected chi connectivity index (χ3v) is 6.00. The van der Waals surface area contributed by atoms with Crippen molar-refractivity contribution in [1.82, 2.24) is 14.5 Å². The van der Waals surface area contributed by atoms with Gasteiger partial charge in [-0.25, -0.2) is 14.8 Å². The molecule has 0 unspecified atom stereocenters. The van der Waals surface area contributed by atoms with E-state index in [2.05, 4.69) is 32.9 Å². The number of carbonyl (C=O) groups is 1. The quantitative estimate of drug-likeness (QED) is 0.238. The Morgan fingerprint density at radius 1 is 0.970 bits per heavy atom. The van der Waals surface area contributed by atoms with Gasteiger partial charge in [0, 0.05) is 5.69 Å². The van der Waals surface area contributed by atoms with Crippen molar-refractivity contribution in [3.63, 3.8) is 0 Å². The van der Waals surface area contributed by atoms with E-state index in [-0.39, 0.29) is 5.56 Å². The lowest BCUT2D eigenvalue weighted by molar-refractivity contribution is 0.0501. The number of carbonyl (C=O) groups excluding carboxylic acids is 1. The number of esters is 1. The summed E-state index contributed by atoms with van der Waals surface area (Å²) in [5.41, 5.74) is 11.4. The van der Waals surface area contributed by atoms with E-state index in [1.807, 2.05) is 36.4 Å². The number of rotatable bonds is 9. The van der Waals surface area contributed by atoms with Gasteiger partial charge in [0.25, 0.3) is 0 Å². The van der Waals surface area contributed by atoms with Gasteiger partial charge in [-0.3, -0.25) is 4.57 Å². The number of hydrogen-bond acceptors (Lipinski definition) is 5. The number of nitrogen functional groups attached to an aromatic ring is 1. The summed E-state index contributed by atoms with van der Waals surface area (Å²) in [6, 6.07) is 15.8. The predicted octanol–water partition coefficient (Wildman–Crippen LogP) is 6.41. The van der Waals surface area contributed by atoms with Gasteiger partial charge < -0.3 is 10.5 Å². The normalized spacial score (nSPS) is 11.5. The molecule has 0 saturated heterocycles. The molecule has 0 bridgehead atoms. The zero-order valence-corrected chi connectivity index (χ0v) is 19.7. The molecule has 0 aliphatic heterocycles. The topological polar surface area (TPSA) is 83.0 Å². The van der Waals surface area contributed by atoms with Crippen molar-refractivity contribution in [1.29, 1.82) is 0 Å². The van der Waals surface area contributed by atoms with Crippen LogP contribution < -0.4 is 5.73 Å². The van der Waals surface area contributed by atoms with Crippen LogP contribution in [0.3, 0.4) is 0 Å². The van der Waals surface area contributed by atoms with Crippen molar-refractivity contribution in [3.8, 4) is 5.69 Å². The van der Waals surface area contributed by atoms with Crippen molar-refractivity contribution < 1.29 is 9.53 Å². The fourth-order valence-electron chi connectivity index (χ4n) is 4.08. The van der Waals surface area contributed by atoms with Crippen LogP contribution in [-0.2, 0) is 4.74 Å². The number of benzene rings is 2. The number of fused-ring (bicyclic) bond motifs is 2. The molecule has 172 valence electrons. The zero-order valence-electron chi connectivity index (χ0n) is 19.7. The monoisotopic (exact) mass is 444 g/mol. The molecule has 4 aromatic rings. The molecule has 0 aliphatic carbocycles. The van der Waals surface area contributed by atoms with Gasteiger partial charge in [0.1, 0.15) is 16.9 Å². The summed E-state index contributed by atoms with van der Waals surface area (Å²) in [6.07, 6.45) is 5.42. The maximum Gasteiger partial charge on any atom is 0.344 e. The Hall–Kier alpha value is -3.41. The number of aromatic nitrogens is 3. The predicted molar refractivity (Wildman–Crippen MR) is 134 cm³/mol. The van der Waals surface area contributed by atoms with E-state index in [1.165, 1.54) is 18.4 Å². The molecule has 2 aromatic heterocycles. The highest BCUT2D eigenvalue weighted by atomic mass is 16.5. The Morgan fingerprint density at radius 3 is 2.30 bits per heavy atom. The van der Waals surface area contributed by atoms with E-state index in [4.69, 9.17) is 20.4 Å². The minimum Gasteiger partial charge on any atom is -0.462 e. The van der Waals surface area contributed by atoms with Crippen LogP contribution in [0.5, 0.6) is 0 Å². The van der Waals surface area contributed by atoms with Gasteiger partial charge in [-0.1, -0.05) is 70.7 Å². The van der Waals surface area contributed by atoms with Crippen LogP contribution in [-0.4, -0.2) is 27.1 Å². The lowest BCUT2D eigenvalue weighted by Gasteiger charge is -2.10. The van der Waals surface area contributed by atoms with Crippen molar-refractivity contribution in [2.24, 2.45) is 0 Å². The molecule has 2 N–H and O–H groups in total. The van der Waals surface area contributed by atoms with Crippen molar-refractivity contribution in [2.75, 3.05) is 12.3 Å². The number of para-hydroxylation sites is 2. The third kappa shape index (κ3) is 4.70. The lowest BCUT2D eigenvalue weighted by Crippen LogP contribution is -2.10. The first-order chi connectivity index (χ1) is 16.0. The summed E-state index contributed by atoms with van der Waals surface area (Å²) in [5, 5.41) is 0. The smallest absolute Gasteiger partial charge is 0.344 e. The van der Waals surface area contributed by atoms with Crippen molar-refractivity contribution in [2.45, 2.75) is 58.8 Å². The number of ether oxygens (including phenoxy) is 1. The summed E-state index contributed by atoms with van der Waals surface area (Å²) in [6.45, 7) is 6.86. The van der Waals surface area contributed by atoms with Crippen LogP contribution in [0, 0.1) is 0 Å². The minimum atomic E-state index is -0.449. The van der Waals surface area contributed by atoms with E-state index in [9.17, 15) is 4.79 Å². The van der Waals surface area contributed by atoms with Gasteiger partial charge in [-0.05, 0) is 42.2 Å². The number of unbranched alkanes of at least 4 members (excludes halogenated alkanes) is 4. The summed E-state index contributed by atoms with van der Waals surface area (Å²) in [4.78, 5) is 22.7. The van der Waals surface area contributed by atoms with Crippen LogP contribution in [0.25, 0.3) is 27.9 Å². The van der Waals surface area contributed by atoms with Gasteiger partial charge in [0.15, 0.2) is 5.65 Å². The van der Waals surface area contributed by atoms with Crippen LogP contribution in [0.2, 0.25) is 0 Å². The second-order valence-corrected chi connectivity index (χ2v) is 8.78. The molecule has 0 fully saturated rings. The summed E-state index contributed by atoms with van der Waals surface area (Å²) in [5.74, 6) is 0.271. The fourth-order valence-corrected chi connectivity index (χ4v) is 4.08. The molecule has 2 aromatic carbocycles. The van der Waals surface area contributed by atoms with E-state index in [1.54, 1.807) is 4.57 Å². The van der Waals surface area contributed by atoms with E-state index < -0.39 is 5.97 Å². The minimum absolute atomic E-state index is 0.282. The van der Waals surface area contributed by atoms with Crippen LogP contribution in [0.1, 0.15) is 74.7 Å². The Labute approximate surface area is 194 Å². The Morgan fingerprint density at radius 2 is 1.64 bits per heavy atom. The van der Waals surface area contributed by atoms with Crippen LogP contribution >= 0.6 is 0 Å². The summed E-state index contributed by atoms with van der Waals surface area (Å²) < 4.78 is 7.41. The third-order valence-electron chi connectivity index (χ3n) is 6.00. The first-order valence-corrected chi connectivity index (χ1v) is 11.9. The van der Waals surface area contributed by atoms with Crippen LogP contribution in [0.15, 0.2) is 48.5 Å². The molecule has 0 saturated carbocycles. The molecule has 6 nitrogen and oxygen atoms in total. The Kier molecular flexibility index (Phi) is 6.92. The molecule has 6 heteroatoms. The maximum atomic E-state index is 13.1. The second-order valence-electron chi connectivity index (χ2n) is 8.78. The molecule has 0 aliphatic rings. The standard InChI is InChI=1S/C27H32N4O2/c1-4-5-6-7-10-17-33-27(32)23-24-26(30-22-12-9-8-11-21(22)29-24)31(25(23)28)20-15-13-19(14-16-20)18(2)3/h8-9,11-16,18H,4-7,10,17,28H2,1-3H3. The molecule has 0 spiro atoms. The Balaban J connectivity index is 1.75. The highest BCUT2D eigenvalue weighted by Gasteiger charge is 2.26. The molecule has 0 atom stereocenters. The summed E-state index contributed by atoms with van der Waals surface area (Å²) >= 11 is 0. The number of anilines is 1. The highest BCUT2D eigenvalue weighted by Crippen LogP contribution is 2.32. The van der Waals surface area contributed by atoms with Gasteiger partial charge in [0.2, 0.25) is 0 Å². The maximum absolute atomic E-state index is 13.1. The molecule has 2 heterocycles. The second kappa shape index (κ2) is 10.0. The van der Waals surface area contributed by atoms with Crippen molar-refractivity contribution in [3.05, 3.63) is 59.7 Å². The summed E-state index contributed by atoms with van der Waals surface area (Å²) in [7, 11) is 0. The highest BCUT2D eigenvalue weighted by molar-refractivity contribution is 6.09. The van der Waals surface area contributed by atoms with E-state index in [0.29, 0.717) is 35.0 Å². The SMILES string of the molecule is CCCCCCCOC(=O)c1c(N)n(-c2ccc(C(C)C)cc2)c2nc3ccccc3nc12. The molecule has 33 heavy (non-hydrogen) atoms. The number of hydrogen-bond donors (Lipinski definition) is 1. The lowest BCUT2D eigenvalue weighted by atomic mass is 10.0. The first kappa shape index (κ1) is 22.8. The zero-order chi connectivity index (χ0) is 23.4. The van der Waals surface area contributed by atoms with Gasteiger partial charge >= 0.3 is 5.97 Å². The molecule has 0 radical (unpaired) electrons. The largest absolute Gasteiger partial charge is 0.462 e. The van der Waals surface area contributed by atoms with E-state index in [0.717, 1.165) is 30.5 Å². The first-order valence-electron chi connectivity index (χ1n) is 11.9. The van der Waals surface area contributed by atoms with Crippen molar-refractivity contribution >= 4 is 34.0 Å². The van der Waals surface area contributed by atoms with E-state index >= 15 is 0 Å².